The standard InChI is InChI=1S/C27H40/c1-3-5-7-9-11-13-15-25-18-22-27(23-19-25)26-20-16-24(17-21-26)14-12-10-8-6-4-2/h16-23H,3-15H2,1-2H3. The van der Waals surface area contributed by atoms with Crippen molar-refractivity contribution in [1.82, 2.24) is 0 Å². The van der Waals surface area contributed by atoms with Gasteiger partial charge >= 0.3 is 0 Å². The van der Waals surface area contributed by atoms with Gasteiger partial charge in [0.2, 0.25) is 0 Å². The molecule has 0 heteroatoms. The van der Waals surface area contributed by atoms with Gasteiger partial charge in [-0.15, -0.1) is 0 Å². The second-order valence-electron chi connectivity index (χ2n) is 8.08. The average molecular weight is 365 g/mol. The first kappa shape index (κ1) is 21.7. The molecule has 0 atom stereocenters. The largest absolute Gasteiger partial charge is 0.0654 e. The molecular weight excluding hydrogens is 324 g/mol. The van der Waals surface area contributed by atoms with Crippen LogP contribution in [0.4, 0.5) is 0 Å². The minimum atomic E-state index is 1.22. The van der Waals surface area contributed by atoms with Gasteiger partial charge in [-0.2, -0.15) is 0 Å². The highest BCUT2D eigenvalue weighted by Gasteiger charge is 2.00. The van der Waals surface area contributed by atoms with Gasteiger partial charge in [-0.3, -0.25) is 0 Å². The van der Waals surface area contributed by atoms with E-state index in [1.54, 1.807) is 0 Å². The lowest BCUT2D eigenvalue weighted by molar-refractivity contribution is 0.607. The molecule has 0 saturated heterocycles. The summed E-state index contributed by atoms with van der Waals surface area (Å²) >= 11 is 0. The zero-order valence-corrected chi connectivity index (χ0v) is 17.8. The van der Waals surface area contributed by atoms with Crippen LogP contribution in [0.1, 0.15) is 95.6 Å². The van der Waals surface area contributed by atoms with Crippen LogP contribution in [-0.2, 0) is 12.8 Å². The highest BCUT2D eigenvalue weighted by Crippen LogP contribution is 2.22. The Hall–Kier alpha value is -1.56. The van der Waals surface area contributed by atoms with Crippen molar-refractivity contribution in [2.24, 2.45) is 0 Å². The van der Waals surface area contributed by atoms with Crippen molar-refractivity contribution in [1.29, 1.82) is 0 Å². The first-order valence-corrected chi connectivity index (χ1v) is 11.5. The number of benzene rings is 2. The van der Waals surface area contributed by atoms with Gasteiger partial charge in [0.15, 0.2) is 0 Å². The Bertz CT molecular complexity index is 591. The van der Waals surface area contributed by atoms with Crippen LogP contribution < -0.4 is 0 Å². The van der Waals surface area contributed by atoms with E-state index in [1.807, 2.05) is 0 Å². The van der Waals surface area contributed by atoms with E-state index in [9.17, 15) is 0 Å². The fourth-order valence-electron chi connectivity index (χ4n) is 3.77. The average Bonchev–Trinajstić information content (AvgIpc) is 2.71. The molecule has 0 aromatic heterocycles. The molecule has 2 aromatic carbocycles. The van der Waals surface area contributed by atoms with Crippen molar-refractivity contribution in [2.45, 2.75) is 97.3 Å². The second-order valence-corrected chi connectivity index (χ2v) is 8.08. The summed E-state index contributed by atoms with van der Waals surface area (Å²) in [7, 11) is 0. The second kappa shape index (κ2) is 13.6. The van der Waals surface area contributed by atoms with E-state index >= 15 is 0 Å². The van der Waals surface area contributed by atoms with E-state index in [-0.39, 0.29) is 0 Å². The molecule has 0 radical (unpaired) electrons. The monoisotopic (exact) mass is 364 g/mol. The van der Waals surface area contributed by atoms with E-state index in [0.717, 1.165) is 0 Å². The summed E-state index contributed by atoms with van der Waals surface area (Å²) in [6.45, 7) is 4.56. The van der Waals surface area contributed by atoms with Gasteiger partial charge in [0.1, 0.15) is 0 Å². The van der Waals surface area contributed by atoms with Gasteiger partial charge in [-0.05, 0) is 47.9 Å². The zero-order chi connectivity index (χ0) is 19.2. The summed E-state index contributed by atoms with van der Waals surface area (Å²) in [6, 6.07) is 18.5. The van der Waals surface area contributed by atoms with Crippen molar-refractivity contribution in [3.8, 4) is 11.1 Å². The van der Waals surface area contributed by atoms with Crippen molar-refractivity contribution >= 4 is 0 Å². The van der Waals surface area contributed by atoms with Gasteiger partial charge in [-0.1, -0.05) is 120 Å². The number of unbranched alkanes of at least 4 members (excludes halogenated alkanes) is 9. The van der Waals surface area contributed by atoms with Gasteiger partial charge in [-0.25, -0.2) is 0 Å². The Morgan fingerprint density at radius 2 is 0.741 bits per heavy atom. The topological polar surface area (TPSA) is 0 Å². The van der Waals surface area contributed by atoms with E-state index in [0.29, 0.717) is 0 Å². The number of hydrogen-bond donors (Lipinski definition) is 0. The molecule has 0 fully saturated rings. The maximum absolute atomic E-state index is 2.32. The molecule has 0 spiro atoms. The lowest BCUT2D eigenvalue weighted by atomic mass is 9.99. The quantitative estimate of drug-likeness (QED) is 0.294. The van der Waals surface area contributed by atoms with Crippen LogP contribution in [0, 0.1) is 0 Å². The summed E-state index contributed by atoms with van der Waals surface area (Å²) < 4.78 is 0. The normalized spacial score (nSPS) is 11.0. The highest BCUT2D eigenvalue weighted by molar-refractivity contribution is 5.63. The number of rotatable bonds is 14. The number of aryl methyl sites for hydroxylation is 2. The number of hydrogen-bond acceptors (Lipinski definition) is 0. The Labute approximate surface area is 168 Å². The minimum absolute atomic E-state index is 1.22. The zero-order valence-electron chi connectivity index (χ0n) is 17.8. The SMILES string of the molecule is CCCCCCCCc1ccc(-c2ccc(CCCCCCC)cc2)cc1. The molecule has 0 heterocycles. The van der Waals surface area contributed by atoms with Crippen LogP contribution in [0.25, 0.3) is 11.1 Å². The highest BCUT2D eigenvalue weighted by atomic mass is 14.1. The summed E-state index contributed by atoms with van der Waals surface area (Å²) in [5, 5.41) is 0. The lowest BCUT2D eigenvalue weighted by Crippen LogP contribution is -1.88. The van der Waals surface area contributed by atoms with Crippen LogP contribution >= 0.6 is 0 Å². The summed E-state index contributed by atoms with van der Waals surface area (Å²) in [4.78, 5) is 0. The van der Waals surface area contributed by atoms with Crippen molar-refractivity contribution in [2.75, 3.05) is 0 Å². The lowest BCUT2D eigenvalue weighted by Gasteiger charge is -2.07. The summed E-state index contributed by atoms with van der Waals surface area (Å²) in [6.07, 6.45) is 17.5. The van der Waals surface area contributed by atoms with Crippen molar-refractivity contribution in [3.05, 3.63) is 59.7 Å². The van der Waals surface area contributed by atoms with Gasteiger partial charge in [0, 0.05) is 0 Å². The summed E-state index contributed by atoms with van der Waals surface area (Å²) in [5.41, 5.74) is 5.65. The van der Waals surface area contributed by atoms with Crippen molar-refractivity contribution in [3.63, 3.8) is 0 Å². The molecule has 0 bridgehead atoms. The molecule has 0 saturated carbocycles. The third-order valence-electron chi connectivity index (χ3n) is 5.63. The molecule has 148 valence electrons. The van der Waals surface area contributed by atoms with E-state index in [1.165, 1.54) is 106 Å². The van der Waals surface area contributed by atoms with Crippen LogP contribution in [0.15, 0.2) is 48.5 Å². The fraction of sp³-hybridized carbons (Fsp3) is 0.556. The molecule has 2 aromatic rings. The minimum Gasteiger partial charge on any atom is -0.0654 e. The molecule has 0 aliphatic carbocycles. The molecule has 0 aliphatic heterocycles. The van der Waals surface area contributed by atoms with Crippen LogP contribution in [0.3, 0.4) is 0 Å². The van der Waals surface area contributed by atoms with Gasteiger partial charge < -0.3 is 0 Å². The maximum Gasteiger partial charge on any atom is -0.0184 e. The Morgan fingerprint density at radius 1 is 0.407 bits per heavy atom. The van der Waals surface area contributed by atoms with E-state index in [4.69, 9.17) is 0 Å². The molecule has 2 rings (SSSR count). The molecule has 0 nitrogen and oxygen atoms in total. The van der Waals surface area contributed by atoms with E-state index in [2.05, 4.69) is 62.4 Å². The van der Waals surface area contributed by atoms with Crippen molar-refractivity contribution < 1.29 is 0 Å². The van der Waals surface area contributed by atoms with Gasteiger partial charge in [0.05, 0.1) is 0 Å². The van der Waals surface area contributed by atoms with Gasteiger partial charge in [0.25, 0.3) is 0 Å². The Kier molecular flexibility index (Phi) is 10.9. The predicted molar refractivity (Wildman–Crippen MR) is 121 cm³/mol. The van der Waals surface area contributed by atoms with E-state index < -0.39 is 0 Å². The molecule has 0 aliphatic rings. The smallest absolute Gasteiger partial charge is 0.0184 e. The Morgan fingerprint density at radius 3 is 1.11 bits per heavy atom. The Balaban J connectivity index is 1.74. The maximum atomic E-state index is 2.32. The molecule has 0 N–H and O–H groups in total. The first-order valence-electron chi connectivity index (χ1n) is 11.5. The molecular formula is C27H40. The van der Waals surface area contributed by atoms with Crippen LogP contribution in [0.5, 0.6) is 0 Å². The fourth-order valence-corrected chi connectivity index (χ4v) is 3.77. The molecule has 0 amide bonds. The third kappa shape index (κ3) is 8.78. The van der Waals surface area contributed by atoms with Crippen LogP contribution in [0.2, 0.25) is 0 Å². The molecule has 27 heavy (non-hydrogen) atoms. The first-order chi connectivity index (χ1) is 13.3. The molecule has 0 unspecified atom stereocenters. The predicted octanol–water partition coefficient (Wildman–Crippen LogP) is 8.77. The summed E-state index contributed by atoms with van der Waals surface area (Å²) in [5.74, 6) is 0. The van der Waals surface area contributed by atoms with Crippen LogP contribution in [-0.4, -0.2) is 0 Å². The third-order valence-corrected chi connectivity index (χ3v) is 5.63.